The monoisotopic (exact) mass is 434 g/mol. The highest BCUT2D eigenvalue weighted by Gasteiger charge is 2.14. The number of halogens is 2. The van der Waals surface area contributed by atoms with E-state index in [1.54, 1.807) is 11.6 Å². The minimum Gasteiger partial charge on any atom is -0.487 e. The molecule has 5 nitrogen and oxygen atoms in total. The molecule has 3 aromatic rings. The maximum atomic E-state index is 12.8. The Labute approximate surface area is 165 Å². The molecule has 7 heteroatoms. The topological polar surface area (TPSA) is 53.4 Å². The van der Waals surface area contributed by atoms with Crippen LogP contribution in [0.5, 0.6) is 5.75 Å². The number of alkyl halides is 1. The van der Waals surface area contributed by atoms with Crippen molar-refractivity contribution in [3.63, 3.8) is 0 Å². The van der Waals surface area contributed by atoms with Gasteiger partial charge in [-0.05, 0) is 31.2 Å². The molecule has 0 saturated carbocycles. The number of fused-ring (bicyclic) bond motifs is 1. The van der Waals surface area contributed by atoms with Crippen LogP contribution in [0, 0.1) is 0 Å². The van der Waals surface area contributed by atoms with Crippen molar-refractivity contribution in [3.05, 3.63) is 58.2 Å². The van der Waals surface area contributed by atoms with Crippen molar-refractivity contribution in [2.24, 2.45) is 0 Å². The largest absolute Gasteiger partial charge is 0.487 e. The average Bonchev–Trinajstić information content (AvgIpc) is 2.98. The first-order valence-corrected chi connectivity index (χ1v) is 9.49. The minimum atomic E-state index is -0.491. The Kier molecular flexibility index (Phi) is 6.45. The second-order valence-electron chi connectivity index (χ2n) is 5.90. The lowest BCUT2D eigenvalue weighted by Crippen LogP contribution is -2.09. The fraction of sp³-hybridized carbons (Fsp3) is 0.300. The van der Waals surface area contributed by atoms with Crippen molar-refractivity contribution in [1.82, 2.24) is 9.78 Å². The molecule has 0 radical (unpaired) electrons. The van der Waals surface area contributed by atoms with Gasteiger partial charge in [-0.25, -0.2) is 4.39 Å². The predicted molar refractivity (Wildman–Crippen MR) is 105 cm³/mol. The van der Waals surface area contributed by atoms with Crippen LogP contribution in [0.25, 0.3) is 10.9 Å². The standard InChI is InChI=1S/C20H20BrFN2O3/c1-2-26-20(25)11-14-5-3-4-6-19(14)27-13-17-16-12-15(21)7-8-18(16)24(23-17)10-9-22/h3-8,12H,2,9-11,13H2,1H3. The molecule has 0 amide bonds. The van der Waals surface area contributed by atoms with Gasteiger partial charge in [-0.1, -0.05) is 34.1 Å². The Morgan fingerprint density at radius 2 is 2.07 bits per heavy atom. The van der Waals surface area contributed by atoms with E-state index in [9.17, 15) is 9.18 Å². The van der Waals surface area contributed by atoms with E-state index in [0.29, 0.717) is 18.1 Å². The van der Waals surface area contributed by atoms with E-state index in [-0.39, 0.29) is 25.5 Å². The third-order valence-electron chi connectivity index (χ3n) is 4.06. The molecule has 0 atom stereocenters. The number of carbonyl (C=O) groups excluding carboxylic acids is 1. The highest BCUT2D eigenvalue weighted by Crippen LogP contribution is 2.26. The minimum absolute atomic E-state index is 0.145. The Morgan fingerprint density at radius 1 is 1.26 bits per heavy atom. The summed E-state index contributed by atoms with van der Waals surface area (Å²) in [5.41, 5.74) is 2.32. The first kappa shape index (κ1) is 19.4. The second-order valence-corrected chi connectivity index (χ2v) is 6.81. The number of aromatic nitrogens is 2. The van der Waals surface area contributed by atoms with Gasteiger partial charge in [0.15, 0.2) is 0 Å². The van der Waals surface area contributed by atoms with Crippen LogP contribution < -0.4 is 4.74 Å². The SMILES string of the molecule is CCOC(=O)Cc1ccccc1OCc1nn(CCF)c2ccc(Br)cc12. The van der Waals surface area contributed by atoms with E-state index < -0.39 is 6.67 Å². The van der Waals surface area contributed by atoms with Crippen molar-refractivity contribution < 1.29 is 18.7 Å². The average molecular weight is 435 g/mol. The van der Waals surface area contributed by atoms with Gasteiger partial charge in [0.1, 0.15) is 24.7 Å². The number of aryl methyl sites for hydroxylation is 1. The zero-order valence-corrected chi connectivity index (χ0v) is 16.5. The first-order valence-electron chi connectivity index (χ1n) is 8.69. The van der Waals surface area contributed by atoms with Crippen LogP contribution in [0.15, 0.2) is 46.9 Å². The molecule has 0 N–H and O–H groups in total. The normalized spacial score (nSPS) is 10.9. The number of hydrogen-bond acceptors (Lipinski definition) is 4. The van der Waals surface area contributed by atoms with Crippen molar-refractivity contribution >= 4 is 32.8 Å². The molecule has 0 fully saturated rings. The van der Waals surface area contributed by atoms with Crippen LogP contribution in [0.2, 0.25) is 0 Å². The van der Waals surface area contributed by atoms with Gasteiger partial charge in [0.2, 0.25) is 0 Å². The van der Waals surface area contributed by atoms with Gasteiger partial charge < -0.3 is 9.47 Å². The Morgan fingerprint density at radius 3 is 2.85 bits per heavy atom. The van der Waals surface area contributed by atoms with Gasteiger partial charge in [-0.3, -0.25) is 9.48 Å². The van der Waals surface area contributed by atoms with E-state index in [1.165, 1.54) is 0 Å². The number of hydrogen-bond donors (Lipinski definition) is 0. The number of ether oxygens (including phenoxy) is 2. The fourth-order valence-corrected chi connectivity index (χ4v) is 3.24. The molecule has 0 spiro atoms. The van der Waals surface area contributed by atoms with E-state index in [1.807, 2.05) is 42.5 Å². The maximum absolute atomic E-state index is 12.8. The third-order valence-corrected chi connectivity index (χ3v) is 4.56. The maximum Gasteiger partial charge on any atom is 0.310 e. The lowest BCUT2D eigenvalue weighted by molar-refractivity contribution is -0.142. The number of carbonyl (C=O) groups is 1. The number of nitrogens with zero attached hydrogens (tertiary/aromatic N) is 2. The highest BCUT2D eigenvalue weighted by atomic mass is 79.9. The summed E-state index contributed by atoms with van der Waals surface area (Å²) in [6.07, 6.45) is 0.145. The van der Waals surface area contributed by atoms with Gasteiger partial charge >= 0.3 is 5.97 Å². The molecule has 0 bridgehead atoms. The quantitative estimate of drug-likeness (QED) is 0.491. The Hall–Kier alpha value is -2.41. The lowest BCUT2D eigenvalue weighted by atomic mass is 10.1. The molecule has 27 heavy (non-hydrogen) atoms. The summed E-state index contributed by atoms with van der Waals surface area (Å²) >= 11 is 3.46. The molecule has 0 aliphatic heterocycles. The first-order chi connectivity index (χ1) is 13.1. The molecular formula is C20H20BrFN2O3. The second kappa shape index (κ2) is 8.99. The lowest BCUT2D eigenvalue weighted by Gasteiger charge is -2.10. The van der Waals surface area contributed by atoms with Gasteiger partial charge in [0.05, 0.1) is 25.1 Å². The van der Waals surface area contributed by atoms with Crippen molar-refractivity contribution in [3.8, 4) is 5.75 Å². The zero-order valence-electron chi connectivity index (χ0n) is 15.0. The van der Waals surface area contributed by atoms with Crippen LogP contribution in [0.1, 0.15) is 18.2 Å². The summed E-state index contributed by atoms with van der Waals surface area (Å²) in [5.74, 6) is 0.309. The van der Waals surface area contributed by atoms with Crippen LogP contribution in [0.3, 0.4) is 0 Å². The predicted octanol–water partition coefficient (Wildman–Crippen LogP) is 4.45. The summed E-state index contributed by atoms with van der Waals surface area (Å²) in [6, 6.07) is 13.1. The van der Waals surface area contributed by atoms with E-state index in [2.05, 4.69) is 21.0 Å². The van der Waals surface area contributed by atoms with E-state index >= 15 is 0 Å². The van der Waals surface area contributed by atoms with Gasteiger partial charge in [-0.2, -0.15) is 5.10 Å². The number of rotatable bonds is 8. The third kappa shape index (κ3) is 4.66. The van der Waals surface area contributed by atoms with Gasteiger partial charge in [0, 0.05) is 15.4 Å². The summed E-state index contributed by atoms with van der Waals surface area (Å²) < 4.78 is 26.4. The van der Waals surface area contributed by atoms with E-state index in [4.69, 9.17) is 9.47 Å². The Bertz CT molecular complexity index is 942. The van der Waals surface area contributed by atoms with Crippen molar-refractivity contribution in [1.29, 1.82) is 0 Å². The van der Waals surface area contributed by atoms with E-state index in [0.717, 1.165) is 20.9 Å². The fourth-order valence-electron chi connectivity index (χ4n) is 2.88. The summed E-state index contributed by atoms with van der Waals surface area (Å²) in [7, 11) is 0. The molecule has 0 unspecified atom stereocenters. The molecule has 0 aliphatic rings. The van der Waals surface area contributed by atoms with Crippen LogP contribution in [0.4, 0.5) is 4.39 Å². The van der Waals surface area contributed by atoms with Crippen molar-refractivity contribution in [2.45, 2.75) is 26.5 Å². The molecule has 3 rings (SSSR count). The number of benzene rings is 2. The smallest absolute Gasteiger partial charge is 0.310 e. The number of esters is 1. The summed E-state index contributed by atoms with van der Waals surface area (Å²) in [4.78, 5) is 11.8. The van der Waals surface area contributed by atoms with Crippen molar-refractivity contribution in [2.75, 3.05) is 13.3 Å². The van der Waals surface area contributed by atoms with Crippen LogP contribution in [-0.4, -0.2) is 29.0 Å². The molecule has 1 aromatic heterocycles. The van der Waals surface area contributed by atoms with Crippen LogP contribution in [-0.2, 0) is 29.1 Å². The molecular weight excluding hydrogens is 415 g/mol. The zero-order chi connectivity index (χ0) is 19.2. The molecule has 1 heterocycles. The number of para-hydroxylation sites is 1. The van der Waals surface area contributed by atoms with Crippen LogP contribution >= 0.6 is 15.9 Å². The molecule has 142 valence electrons. The molecule has 0 saturated heterocycles. The molecule has 2 aromatic carbocycles. The van der Waals surface area contributed by atoms with Gasteiger partial charge in [0.25, 0.3) is 0 Å². The highest BCUT2D eigenvalue weighted by molar-refractivity contribution is 9.10. The summed E-state index contributed by atoms with van der Waals surface area (Å²) in [6.45, 7) is 2.03. The Balaban J connectivity index is 1.83. The molecule has 0 aliphatic carbocycles. The summed E-state index contributed by atoms with van der Waals surface area (Å²) in [5, 5.41) is 5.40. The van der Waals surface area contributed by atoms with Gasteiger partial charge in [-0.15, -0.1) is 0 Å².